The largest absolute Gasteiger partial charge is 0.478 e. The van der Waals surface area contributed by atoms with Crippen LogP contribution in [0.25, 0.3) is 0 Å². The van der Waals surface area contributed by atoms with Gasteiger partial charge in [0.25, 0.3) is 0 Å². The van der Waals surface area contributed by atoms with Gasteiger partial charge in [0.1, 0.15) is 0 Å². The van der Waals surface area contributed by atoms with Crippen molar-refractivity contribution < 1.29 is 14.7 Å². The predicted molar refractivity (Wildman–Crippen MR) is 70.2 cm³/mol. The summed E-state index contributed by atoms with van der Waals surface area (Å²) in [6.45, 7) is 7.25. The van der Waals surface area contributed by atoms with Gasteiger partial charge in [0.05, 0.1) is 11.3 Å². The van der Waals surface area contributed by atoms with Gasteiger partial charge in [-0.25, -0.2) is 9.59 Å². The number of carbonyl (C=O) groups excluding carboxylic acids is 1. The third-order valence-electron chi connectivity index (χ3n) is 2.37. The van der Waals surface area contributed by atoms with Crippen LogP contribution in [0.1, 0.15) is 35.3 Å². The van der Waals surface area contributed by atoms with E-state index in [1.54, 1.807) is 13.0 Å². The number of rotatable bonds is 3. The van der Waals surface area contributed by atoms with Crippen molar-refractivity contribution in [3.05, 3.63) is 28.8 Å². The molecule has 18 heavy (non-hydrogen) atoms. The van der Waals surface area contributed by atoms with E-state index in [0.29, 0.717) is 5.69 Å². The number of hydrogen-bond donors (Lipinski definition) is 3. The molecule has 0 aromatic heterocycles. The number of benzene rings is 1. The first-order chi connectivity index (χ1) is 8.31. The second-order valence-electron chi connectivity index (χ2n) is 4.56. The minimum atomic E-state index is -1.05. The van der Waals surface area contributed by atoms with Crippen LogP contribution in [0.5, 0.6) is 0 Å². The Kier molecular flexibility index (Phi) is 4.31. The number of anilines is 1. The normalized spacial score (nSPS) is 10.3. The number of carbonyl (C=O) groups is 2. The predicted octanol–water partition coefficient (Wildman–Crippen LogP) is 2.53. The molecule has 5 nitrogen and oxygen atoms in total. The molecule has 0 aliphatic carbocycles. The Labute approximate surface area is 106 Å². The lowest BCUT2D eigenvalue weighted by Crippen LogP contribution is -2.34. The molecule has 1 aromatic carbocycles. The van der Waals surface area contributed by atoms with E-state index in [1.807, 2.05) is 26.8 Å². The van der Waals surface area contributed by atoms with Crippen molar-refractivity contribution in [1.29, 1.82) is 0 Å². The van der Waals surface area contributed by atoms with Crippen molar-refractivity contribution in [2.75, 3.05) is 5.32 Å². The van der Waals surface area contributed by atoms with Crippen molar-refractivity contribution in [3.8, 4) is 0 Å². The number of carboxylic acids is 1. The maximum atomic E-state index is 11.6. The van der Waals surface area contributed by atoms with Crippen LogP contribution in [-0.4, -0.2) is 23.1 Å². The number of aryl methyl sites for hydroxylation is 2. The highest BCUT2D eigenvalue weighted by Crippen LogP contribution is 2.22. The average Bonchev–Trinajstić information content (AvgIpc) is 2.20. The topological polar surface area (TPSA) is 78.4 Å². The zero-order valence-electron chi connectivity index (χ0n) is 11.0. The van der Waals surface area contributed by atoms with Crippen molar-refractivity contribution in [2.24, 2.45) is 0 Å². The summed E-state index contributed by atoms with van der Waals surface area (Å²) in [5, 5.41) is 14.4. The SMILES string of the molecule is Cc1cc(C)c(NC(=O)NC(C)C)c(C(=O)O)c1. The van der Waals surface area contributed by atoms with Crippen molar-refractivity contribution in [1.82, 2.24) is 5.32 Å². The molecule has 0 heterocycles. The van der Waals surface area contributed by atoms with Crippen LogP contribution in [0.4, 0.5) is 10.5 Å². The number of aromatic carboxylic acids is 1. The van der Waals surface area contributed by atoms with E-state index in [2.05, 4.69) is 10.6 Å². The molecule has 0 saturated carbocycles. The number of hydrogen-bond acceptors (Lipinski definition) is 2. The van der Waals surface area contributed by atoms with Crippen LogP contribution < -0.4 is 10.6 Å². The van der Waals surface area contributed by atoms with Gasteiger partial charge in [0.15, 0.2) is 0 Å². The van der Waals surface area contributed by atoms with Crippen LogP contribution in [0.15, 0.2) is 12.1 Å². The molecule has 0 atom stereocenters. The Bertz CT molecular complexity index is 481. The fourth-order valence-electron chi connectivity index (χ4n) is 1.71. The lowest BCUT2D eigenvalue weighted by molar-refractivity contribution is 0.0698. The Morgan fingerprint density at radius 1 is 1.22 bits per heavy atom. The van der Waals surface area contributed by atoms with Gasteiger partial charge in [0, 0.05) is 6.04 Å². The smallest absolute Gasteiger partial charge is 0.337 e. The molecule has 0 unspecified atom stereocenters. The fraction of sp³-hybridized carbons (Fsp3) is 0.385. The van der Waals surface area contributed by atoms with E-state index in [9.17, 15) is 9.59 Å². The van der Waals surface area contributed by atoms with Crippen molar-refractivity contribution in [2.45, 2.75) is 33.7 Å². The summed E-state index contributed by atoms with van der Waals surface area (Å²) < 4.78 is 0. The highest BCUT2D eigenvalue weighted by Gasteiger charge is 2.15. The van der Waals surface area contributed by atoms with Gasteiger partial charge in [0.2, 0.25) is 0 Å². The lowest BCUT2D eigenvalue weighted by atomic mass is 10.0. The van der Waals surface area contributed by atoms with E-state index < -0.39 is 12.0 Å². The number of carboxylic acid groups (broad SMARTS) is 1. The van der Waals surface area contributed by atoms with Crippen LogP contribution >= 0.6 is 0 Å². The molecule has 0 spiro atoms. The van der Waals surface area contributed by atoms with Gasteiger partial charge >= 0.3 is 12.0 Å². The molecule has 5 heteroatoms. The average molecular weight is 250 g/mol. The maximum Gasteiger partial charge on any atom is 0.337 e. The highest BCUT2D eigenvalue weighted by atomic mass is 16.4. The molecule has 0 saturated heterocycles. The number of urea groups is 1. The molecular weight excluding hydrogens is 232 g/mol. The quantitative estimate of drug-likeness (QED) is 0.771. The molecule has 1 aromatic rings. The molecule has 0 bridgehead atoms. The molecule has 1 rings (SSSR count). The van der Waals surface area contributed by atoms with Gasteiger partial charge in [-0.2, -0.15) is 0 Å². The van der Waals surface area contributed by atoms with Crippen molar-refractivity contribution in [3.63, 3.8) is 0 Å². The summed E-state index contributed by atoms with van der Waals surface area (Å²) in [5.74, 6) is -1.05. The summed E-state index contributed by atoms with van der Waals surface area (Å²) >= 11 is 0. The van der Waals surface area contributed by atoms with Gasteiger partial charge < -0.3 is 15.7 Å². The molecule has 0 fully saturated rings. The van der Waals surface area contributed by atoms with E-state index in [1.165, 1.54) is 0 Å². The first-order valence-electron chi connectivity index (χ1n) is 5.73. The zero-order chi connectivity index (χ0) is 13.9. The lowest BCUT2D eigenvalue weighted by Gasteiger charge is -2.14. The van der Waals surface area contributed by atoms with E-state index >= 15 is 0 Å². The minimum absolute atomic E-state index is 0.0102. The first-order valence-corrected chi connectivity index (χ1v) is 5.73. The standard InChI is InChI=1S/C13H18N2O3/c1-7(2)14-13(18)15-11-9(4)5-8(3)6-10(11)12(16)17/h5-7H,1-4H3,(H,16,17)(H2,14,15,18). The highest BCUT2D eigenvalue weighted by molar-refractivity contribution is 6.01. The molecule has 0 aliphatic rings. The molecule has 2 amide bonds. The summed E-state index contributed by atoms with van der Waals surface area (Å²) in [4.78, 5) is 22.8. The minimum Gasteiger partial charge on any atom is -0.478 e. The van der Waals surface area contributed by atoms with E-state index in [4.69, 9.17) is 5.11 Å². The fourth-order valence-corrected chi connectivity index (χ4v) is 1.71. The van der Waals surface area contributed by atoms with Gasteiger partial charge in [-0.3, -0.25) is 0 Å². The van der Waals surface area contributed by atoms with E-state index in [-0.39, 0.29) is 11.6 Å². The maximum absolute atomic E-state index is 11.6. The van der Waals surface area contributed by atoms with Gasteiger partial charge in [-0.15, -0.1) is 0 Å². The van der Waals surface area contributed by atoms with Crippen LogP contribution in [0, 0.1) is 13.8 Å². The monoisotopic (exact) mass is 250 g/mol. The van der Waals surface area contributed by atoms with Crippen LogP contribution in [0.2, 0.25) is 0 Å². The molecule has 0 radical (unpaired) electrons. The zero-order valence-corrected chi connectivity index (χ0v) is 11.0. The Morgan fingerprint density at radius 3 is 2.33 bits per heavy atom. The number of amides is 2. The number of nitrogens with one attached hydrogen (secondary N) is 2. The molecule has 0 aliphatic heterocycles. The molecule has 3 N–H and O–H groups in total. The summed E-state index contributed by atoms with van der Waals surface area (Å²) in [6, 6.07) is 2.96. The second-order valence-corrected chi connectivity index (χ2v) is 4.56. The van der Waals surface area contributed by atoms with Gasteiger partial charge in [-0.05, 0) is 44.9 Å². The second kappa shape index (κ2) is 5.53. The molecular formula is C13H18N2O3. The third-order valence-corrected chi connectivity index (χ3v) is 2.37. The van der Waals surface area contributed by atoms with Crippen LogP contribution in [0.3, 0.4) is 0 Å². The Hall–Kier alpha value is -2.04. The summed E-state index contributed by atoms with van der Waals surface area (Å²) in [5.41, 5.74) is 2.02. The Balaban J connectivity index is 3.07. The summed E-state index contributed by atoms with van der Waals surface area (Å²) in [6.07, 6.45) is 0. The van der Waals surface area contributed by atoms with Gasteiger partial charge in [-0.1, -0.05) is 6.07 Å². The summed E-state index contributed by atoms with van der Waals surface area (Å²) in [7, 11) is 0. The van der Waals surface area contributed by atoms with Crippen LogP contribution in [-0.2, 0) is 0 Å². The first kappa shape index (κ1) is 14.0. The van der Waals surface area contributed by atoms with Crippen molar-refractivity contribution >= 4 is 17.7 Å². The third kappa shape index (κ3) is 3.48. The molecule has 98 valence electrons. The Morgan fingerprint density at radius 2 is 1.83 bits per heavy atom. The van der Waals surface area contributed by atoms with E-state index in [0.717, 1.165) is 11.1 Å².